The van der Waals surface area contributed by atoms with Gasteiger partial charge in [0.25, 0.3) is 0 Å². The Bertz CT molecular complexity index is 613. The lowest BCUT2D eigenvalue weighted by molar-refractivity contribution is -0.124. The lowest BCUT2D eigenvalue weighted by Gasteiger charge is -2.19. The Hall–Kier alpha value is -2.30. The van der Waals surface area contributed by atoms with Gasteiger partial charge >= 0.3 is 0 Å². The van der Waals surface area contributed by atoms with Crippen LogP contribution in [0.25, 0.3) is 0 Å². The SMILES string of the molecule is CC(C(=O)NCCOc1ccc(C(C)(C)C)cc1)n1cccn1. The summed E-state index contributed by atoms with van der Waals surface area (Å²) >= 11 is 0. The molecule has 0 bridgehead atoms. The molecule has 5 nitrogen and oxygen atoms in total. The largest absolute Gasteiger partial charge is 0.492 e. The van der Waals surface area contributed by atoms with E-state index in [2.05, 4.69) is 43.3 Å². The second kappa shape index (κ2) is 7.31. The van der Waals surface area contributed by atoms with Crippen molar-refractivity contribution in [2.45, 2.75) is 39.2 Å². The fourth-order valence-electron chi connectivity index (χ4n) is 2.17. The lowest BCUT2D eigenvalue weighted by atomic mass is 9.87. The standard InChI is InChI=1S/C18H25N3O2/c1-14(21-12-5-10-20-21)17(22)19-11-13-23-16-8-6-15(7-9-16)18(2,3)4/h5-10,12,14H,11,13H2,1-4H3,(H,19,22). The molecule has 2 rings (SSSR count). The predicted octanol–water partition coefficient (Wildman–Crippen LogP) is 2.94. The van der Waals surface area contributed by atoms with Crippen molar-refractivity contribution in [2.75, 3.05) is 13.2 Å². The molecule has 0 aliphatic rings. The normalized spacial score (nSPS) is 12.7. The highest BCUT2D eigenvalue weighted by Crippen LogP contribution is 2.24. The maximum atomic E-state index is 12.0. The van der Waals surface area contributed by atoms with E-state index in [1.807, 2.05) is 19.1 Å². The average molecular weight is 315 g/mol. The molecule has 2 aromatic rings. The number of nitrogens with zero attached hydrogens (tertiary/aromatic N) is 2. The van der Waals surface area contributed by atoms with Crippen LogP contribution in [0.1, 0.15) is 39.3 Å². The van der Waals surface area contributed by atoms with E-state index in [0.29, 0.717) is 13.2 Å². The Labute approximate surface area is 137 Å². The topological polar surface area (TPSA) is 56.1 Å². The first-order valence-corrected chi connectivity index (χ1v) is 7.88. The minimum Gasteiger partial charge on any atom is -0.492 e. The predicted molar refractivity (Wildman–Crippen MR) is 90.6 cm³/mol. The molecule has 0 aliphatic carbocycles. The molecule has 5 heteroatoms. The van der Waals surface area contributed by atoms with Crippen molar-refractivity contribution >= 4 is 5.91 Å². The molecule has 0 fully saturated rings. The van der Waals surface area contributed by atoms with Gasteiger partial charge in [0, 0.05) is 12.4 Å². The number of rotatable bonds is 6. The molecule has 1 heterocycles. The van der Waals surface area contributed by atoms with Crippen molar-refractivity contribution in [1.82, 2.24) is 15.1 Å². The van der Waals surface area contributed by atoms with Gasteiger partial charge in [-0.3, -0.25) is 9.48 Å². The first-order chi connectivity index (χ1) is 10.9. The lowest BCUT2D eigenvalue weighted by Crippen LogP contribution is -2.34. The van der Waals surface area contributed by atoms with E-state index in [9.17, 15) is 4.79 Å². The van der Waals surface area contributed by atoms with E-state index in [1.54, 1.807) is 23.1 Å². The van der Waals surface area contributed by atoms with Crippen LogP contribution in [0.3, 0.4) is 0 Å². The molecule has 1 amide bonds. The zero-order valence-electron chi connectivity index (χ0n) is 14.2. The highest BCUT2D eigenvalue weighted by atomic mass is 16.5. The molecule has 124 valence electrons. The second-order valence-electron chi connectivity index (χ2n) is 6.58. The number of nitrogens with one attached hydrogen (secondary N) is 1. The third-order valence-electron chi connectivity index (χ3n) is 3.69. The molecule has 1 aromatic carbocycles. The van der Waals surface area contributed by atoms with E-state index in [0.717, 1.165) is 5.75 Å². The third-order valence-corrected chi connectivity index (χ3v) is 3.69. The van der Waals surface area contributed by atoms with Gasteiger partial charge in [-0.2, -0.15) is 5.10 Å². The zero-order chi connectivity index (χ0) is 16.9. The molecule has 1 N–H and O–H groups in total. The molecule has 0 spiro atoms. The first-order valence-electron chi connectivity index (χ1n) is 7.88. The van der Waals surface area contributed by atoms with Crippen LogP contribution in [-0.2, 0) is 10.2 Å². The summed E-state index contributed by atoms with van der Waals surface area (Å²) in [5.74, 6) is 0.743. The number of benzene rings is 1. The van der Waals surface area contributed by atoms with Crippen LogP contribution in [0.2, 0.25) is 0 Å². The molecule has 1 aromatic heterocycles. The maximum absolute atomic E-state index is 12.0. The van der Waals surface area contributed by atoms with Gasteiger partial charge in [0.2, 0.25) is 5.91 Å². The zero-order valence-corrected chi connectivity index (χ0v) is 14.2. The fourth-order valence-corrected chi connectivity index (χ4v) is 2.17. The van der Waals surface area contributed by atoms with Gasteiger partial charge < -0.3 is 10.1 Å². The number of amides is 1. The van der Waals surface area contributed by atoms with Crippen molar-refractivity contribution < 1.29 is 9.53 Å². The average Bonchev–Trinajstić information content (AvgIpc) is 3.04. The summed E-state index contributed by atoms with van der Waals surface area (Å²) in [4.78, 5) is 12.0. The first kappa shape index (κ1) is 17.1. The Morgan fingerprint density at radius 2 is 2.00 bits per heavy atom. The summed E-state index contributed by atoms with van der Waals surface area (Å²) in [7, 11) is 0. The molecule has 1 atom stereocenters. The molecule has 0 saturated carbocycles. The highest BCUT2D eigenvalue weighted by molar-refractivity contribution is 5.79. The summed E-state index contributed by atoms with van der Waals surface area (Å²) in [5.41, 5.74) is 1.40. The monoisotopic (exact) mass is 315 g/mol. The summed E-state index contributed by atoms with van der Waals surface area (Å²) in [5, 5.41) is 6.92. The Kier molecular flexibility index (Phi) is 5.42. The summed E-state index contributed by atoms with van der Waals surface area (Å²) in [6.45, 7) is 9.25. The highest BCUT2D eigenvalue weighted by Gasteiger charge is 2.14. The van der Waals surface area contributed by atoms with E-state index < -0.39 is 0 Å². The van der Waals surface area contributed by atoms with Gasteiger partial charge in [0.15, 0.2) is 0 Å². The van der Waals surface area contributed by atoms with Crippen molar-refractivity contribution in [3.63, 3.8) is 0 Å². The Morgan fingerprint density at radius 3 is 2.57 bits per heavy atom. The van der Waals surface area contributed by atoms with Crippen LogP contribution >= 0.6 is 0 Å². The van der Waals surface area contributed by atoms with Gasteiger partial charge in [0.1, 0.15) is 18.4 Å². The van der Waals surface area contributed by atoms with Gasteiger partial charge in [-0.15, -0.1) is 0 Å². The maximum Gasteiger partial charge on any atom is 0.244 e. The quantitative estimate of drug-likeness (QED) is 0.834. The van der Waals surface area contributed by atoms with Crippen molar-refractivity contribution in [1.29, 1.82) is 0 Å². The van der Waals surface area contributed by atoms with Crippen LogP contribution < -0.4 is 10.1 Å². The van der Waals surface area contributed by atoms with Crippen LogP contribution in [-0.4, -0.2) is 28.8 Å². The number of carbonyl (C=O) groups is 1. The van der Waals surface area contributed by atoms with Gasteiger partial charge in [-0.05, 0) is 36.1 Å². The summed E-state index contributed by atoms with van der Waals surface area (Å²) in [6.07, 6.45) is 3.44. The molecular weight excluding hydrogens is 290 g/mol. The number of aromatic nitrogens is 2. The fraction of sp³-hybridized carbons (Fsp3) is 0.444. The molecule has 0 aliphatic heterocycles. The van der Waals surface area contributed by atoms with Crippen molar-refractivity contribution in [2.24, 2.45) is 0 Å². The molecule has 1 unspecified atom stereocenters. The van der Waals surface area contributed by atoms with Gasteiger partial charge in [-0.1, -0.05) is 32.9 Å². The number of hydrogen-bond acceptors (Lipinski definition) is 3. The van der Waals surface area contributed by atoms with Crippen LogP contribution in [0, 0.1) is 0 Å². The number of hydrogen-bond donors (Lipinski definition) is 1. The van der Waals surface area contributed by atoms with Crippen LogP contribution in [0.5, 0.6) is 5.75 Å². The van der Waals surface area contributed by atoms with Crippen LogP contribution in [0.15, 0.2) is 42.7 Å². The molecular formula is C18H25N3O2. The Balaban J connectivity index is 1.74. The summed E-state index contributed by atoms with van der Waals surface area (Å²) < 4.78 is 7.28. The second-order valence-corrected chi connectivity index (χ2v) is 6.58. The van der Waals surface area contributed by atoms with Crippen molar-refractivity contribution in [3.05, 3.63) is 48.3 Å². The molecule has 0 radical (unpaired) electrons. The molecule has 23 heavy (non-hydrogen) atoms. The van der Waals surface area contributed by atoms with Gasteiger partial charge in [0.05, 0.1) is 6.54 Å². The number of carbonyl (C=O) groups excluding carboxylic acids is 1. The third kappa shape index (κ3) is 4.84. The van der Waals surface area contributed by atoms with Crippen molar-refractivity contribution in [3.8, 4) is 5.75 Å². The smallest absolute Gasteiger partial charge is 0.244 e. The number of ether oxygens (including phenoxy) is 1. The molecule has 0 saturated heterocycles. The minimum atomic E-state index is -0.323. The summed E-state index contributed by atoms with van der Waals surface area (Å²) in [6, 6.07) is 9.56. The van der Waals surface area contributed by atoms with E-state index in [-0.39, 0.29) is 17.4 Å². The van der Waals surface area contributed by atoms with E-state index in [1.165, 1.54) is 5.56 Å². The van der Waals surface area contributed by atoms with E-state index in [4.69, 9.17) is 4.74 Å². The Morgan fingerprint density at radius 1 is 1.30 bits per heavy atom. The van der Waals surface area contributed by atoms with Gasteiger partial charge in [-0.25, -0.2) is 0 Å². The minimum absolute atomic E-state index is 0.0691. The van der Waals surface area contributed by atoms with Crippen LogP contribution in [0.4, 0.5) is 0 Å². The van der Waals surface area contributed by atoms with E-state index >= 15 is 0 Å².